The SMILES string of the molecule is C=[N+](C(=O)OC)C(C(=O)Nc1cccc(F)c1CCCC1CNCC(C)N1S(=O)(=O)C1CC1)C(c1ccc(F)cc1)c1cc(F)cc(F)c1. The quantitative estimate of drug-likeness (QED) is 0.150. The van der Waals surface area contributed by atoms with E-state index in [1.54, 1.807) is 4.31 Å². The van der Waals surface area contributed by atoms with Crippen molar-refractivity contribution in [2.24, 2.45) is 0 Å². The van der Waals surface area contributed by atoms with Crippen molar-refractivity contribution in [3.05, 3.63) is 101 Å². The molecule has 0 bridgehead atoms. The van der Waals surface area contributed by atoms with Gasteiger partial charge in [0.05, 0.1) is 18.3 Å². The van der Waals surface area contributed by atoms with E-state index in [0.29, 0.717) is 49.4 Å². The Labute approximate surface area is 283 Å². The molecule has 2 fully saturated rings. The van der Waals surface area contributed by atoms with Gasteiger partial charge >= 0.3 is 6.09 Å². The second kappa shape index (κ2) is 15.2. The fourth-order valence-corrected chi connectivity index (χ4v) is 8.81. The molecule has 3 aromatic carbocycles. The van der Waals surface area contributed by atoms with Crippen molar-refractivity contribution < 1.29 is 44.9 Å². The third-order valence-electron chi connectivity index (χ3n) is 9.00. The summed E-state index contributed by atoms with van der Waals surface area (Å²) in [6.07, 6.45) is 1.18. The summed E-state index contributed by atoms with van der Waals surface area (Å²) < 4.78 is 91.9. The number of rotatable bonds is 12. The van der Waals surface area contributed by atoms with E-state index in [4.69, 9.17) is 4.74 Å². The van der Waals surface area contributed by atoms with Crippen LogP contribution in [0.4, 0.5) is 28.0 Å². The van der Waals surface area contributed by atoms with Gasteiger partial charge in [-0.1, -0.05) is 18.2 Å². The number of hydrogen-bond acceptors (Lipinski definition) is 6. The second-order valence-electron chi connectivity index (χ2n) is 12.5. The molecule has 4 unspecified atom stereocenters. The van der Waals surface area contributed by atoms with Crippen molar-refractivity contribution in [1.29, 1.82) is 0 Å². The Kier molecular flexibility index (Phi) is 11.2. The van der Waals surface area contributed by atoms with E-state index in [-0.39, 0.29) is 46.1 Å². The Bertz CT molecular complexity index is 1800. The number of anilines is 1. The summed E-state index contributed by atoms with van der Waals surface area (Å²) in [7, 11) is -2.39. The number of benzene rings is 3. The van der Waals surface area contributed by atoms with E-state index in [2.05, 4.69) is 17.4 Å². The molecule has 1 saturated heterocycles. The average Bonchev–Trinajstić information content (AvgIpc) is 3.91. The van der Waals surface area contributed by atoms with Crippen molar-refractivity contribution in [3.8, 4) is 0 Å². The van der Waals surface area contributed by atoms with Gasteiger partial charge in [-0.2, -0.15) is 9.10 Å². The van der Waals surface area contributed by atoms with Gasteiger partial charge in [0, 0.05) is 42.5 Å². The fraction of sp³-hybridized carbons (Fsp3) is 0.400. The predicted octanol–water partition coefficient (Wildman–Crippen LogP) is 5.34. The molecule has 2 amide bonds. The molecule has 1 aliphatic heterocycles. The minimum absolute atomic E-state index is 0.0534. The van der Waals surface area contributed by atoms with Gasteiger partial charge < -0.3 is 15.4 Å². The van der Waals surface area contributed by atoms with Gasteiger partial charge in [0.1, 0.15) is 30.0 Å². The van der Waals surface area contributed by atoms with Crippen molar-refractivity contribution >= 4 is 34.4 Å². The molecule has 2 N–H and O–H groups in total. The molecule has 1 aliphatic carbocycles. The molecule has 14 heteroatoms. The zero-order valence-corrected chi connectivity index (χ0v) is 28.0. The van der Waals surface area contributed by atoms with E-state index in [1.165, 1.54) is 30.3 Å². The van der Waals surface area contributed by atoms with Crippen LogP contribution in [0.5, 0.6) is 0 Å². The van der Waals surface area contributed by atoms with Crippen LogP contribution in [0.1, 0.15) is 55.2 Å². The first-order chi connectivity index (χ1) is 23.3. The van der Waals surface area contributed by atoms with E-state index in [9.17, 15) is 31.2 Å². The lowest BCUT2D eigenvalue weighted by Crippen LogP contribution is -2.58. The van der Waals surface area contributed by atoms with E-state index in [0.717, 1.165) is 31.4 Å². The van der Waals surface area contributed by atoms with Crippen molar-refractivity contribution in [1.82, 2.24) is 9.62 Å². The average molecular weight is 704 g/mol. The number of carbonyl (C=O) groups is 2. The molecule has 49 heavy (non-hydrogen) atoms. The topological polar surface area (TPSA) is 108 Å². The first-order valence-corrected chi connectivity index (χ1v) is 17.5. The summed E-state index contributed by atoms with van der Waals surface area (Å²) in [5.41, 5.74) is 0.396. The number of sulfonamides is 1. The summed E-state index contributed by atoms with van der Waals surface area (Å²) >= 11 is 0. The molecule has 262 valence electrons. The van der Waals surface area contributed by atoms with Crippen LogP contribution in [0.25, 0.3) is 0 Å². The summed E-state index contributed by atoms with van der Waals surface area (Å²) in [5.74, 6) is -5.29. The van der Waals surface area contributed by atoms with Crippen LogP contribution < -0.4 is 10.6 Å². The zero-order valence-electron chi connectivity index (χ0n) is 27.2. The Morgan fingerprint density at radius 1 is 1.00 bits per heavy atom. The molecule has 1 saturated carbocycles. The first-order valence-electron chi connectivity index (χ1n) is 16.0. The Morgan fingerprint density at radius 2 is 1.67 bits per heavy atom. The van der Waals surface area contributed by atoms with Gasteiger partial charge in [0.2, 0.25) is 10.0 Å². The fourth-order valence-electron chi connectivity index (χ4n) is 6.56. The zero-order chi connectivity index (χ0) is 35.5. The Hall–Kier alpha value is -4.14. The maximum absolute atomic E-state index is 15.4. The maximum Gasteiger partial charge on any atom is 0.596 e. The minimum Gasteiger partial charge on any atom is -0.415 e. The number of nitrogens with zero attached hydrogens (tertiary/aromatic N) is 2. The van der Waals surface area contributed by atoms with E-state index < -0.39 is 57.3 Å². The number of nitrogens with one attached hydrogen (secondary N) is 2. The minimum atomic E-state index is -3.46. The first kappa shape index (κ1) is 36.1. The van der Waals surface area contributed by atoms with Gasteiger partial charge in [-0.25, -0.2) is 26.0 Å². The molecule has 5 rings (SSSR count). The molecule has 0 aromatic heterocycles. The van der Waals surface area contributed by atoms with Gasteiger partial charge in [-0.3, -0.25) is 4.79 Å². The predicted molar refractivity (Wildman–Crippen MR) is 176 cm³/mol. The standard InChI is InChI=1S/C35H38F4N4O5S/c1-21-19-40-20-27(43(21)49(46,47)28-14-15-28)6-4-7-29-30(39)8-5-9-31(29)41-34(44)33(42(2)35(45)48-3)32(22-10-12-24(36)13-11-22)23-16-25(37)18-26(38)17-23/h5,8-13,16-18,21,27-28,32-33,40H,2,4,6-7,14-15,19-20H2,1,3H3/p+1. The molecule has 9 nitrogen and oxygen atoms in total. The number of ether oxygens (including phenoxy) is 1. The molecule has 4 atom stereocenters. The van der Waals surface area contributed by atoms with Crippen LogP contribution in [0, 0.1) is 23.3 Å². The van der Waals surface area contributed by atoms with Gasteiger partial charge in [0.25, 0.3) is 11.9 Å². The summed E-state index contributed by atoms with van der Waals surface area (Å²) in [5, 5.41) is 5.59. The van der Waals surface area contributed by atoms with Crippen LogP contribution in [0.15, 0.2) is 60.7 Å². The summed E-state index contributed by atoms with van der Waals surface area (Å²) in [4.78, 5) is 27.0. The van der Waals surface area contributed by atoms with Crippen LogP contribution in [0.3, 0.4) is 0 Å². The lowest BCUT2D eigenvalue weighted by Gasteiger charge is -2.40. The van der Waals surface area contributed by atoms with Crippen LogP contribution in [-0.4, -0.2) is 79.6 Å². The number of hydrogen-bond donors (Lipinski definition) is 2. The van der Waals surface area contributed by atoms with Crippen LogP contribution in [-0.2, 0) is 26.0 Å². The number of methoxy groups -OCH3 is 1. The normalized spacial score (nSPS) is 19.6. The third-order valence-corrected chi connectivity index (χ3v) is 11.6. The highest BCUT2D eigenvalue weighted by Crippen LogP contribution is 2.36. The highest BCUT2D eigenvalue weighted by Gasteiger charge is 2.46. The Morgan fingerprint density at radius 3 is 2.31 bits per heavy atom. The van der Waals surface area contributed by atoms with Crippen molar-refractivity contribution in [3.63, 3.8) is 0 Å². The van der Waals surface area contributed by atoms with Crippen LogP contribution >= 0.6 is 0 Å². The molecule has 0 radical (unpaired) electrons. The second-order valence-corrected chi connectivity index (χ2v) is 14.6. The largest absolute Gasteiger partial charge is 0.596 e. The molecule has 2 aliphatic rings. The van der Waals surface area contributed by atoms with Gasteiger partial charge in [-0.05, 0) is 86.6 Å². The number of carbonyl (C=O) groups excluding carboxylic acids is 2. The third kappa shape index (κ3) is 8.19. The van der Waals surface area contributed by atoms with Gasteiger partial charge in [0.15, 0.2) is 0 Å². The molecule has 0 spiro atoms. The number of piperazine rings is 1. The Balaban J connectivity index is 1.44. The molecular formula is C35H39F4N4O5S+. The monoisotopic (exact) mass is 703 g/mol. The van der Waals surface area contributed by atoms with E-state index in [1.807, 2.05) is 6.92 Å². The van der Waals surface area contributed by atoms with Crippen molar-refractivity contribution in [2.75, 3.05) is 25.5 Å². The van der Waals surface area contributed by atoms with E-state index >= 15 is 4.39 Å². The molecular weight excluding hydrogens is 664 g/mol. The lowest BCUT2D eigenvalue weighted by atomic mass is 9.84. The van der Waals surface area contributed by atoms with Crippen molar-refractivity contribution in [2.45, 2.75) is 68.3 Å². The smallest absolute Gasteiger partial charge is 0.415 e. The number of amides is 2. The molecule has 3 aromatic rings. The van der Waals surface area contributed by atoms with Crippen LogP contribution in [0.2, 0.25) is 0 Å². The van der Waals surface area contributed by atoms with Gasteiger partial charge in [-0.15, -0.1) is 4.58 Å². The maximum atomic E-state index is 15.4. The summed E-state index contributed by atoms with van der Waals surface area (Å²) in [6, 6.07) is 9.37. The lowest BCUT2D eigenvalue weighted by molar-refractivity contribution is -0.467. The number of halogens is 4. The molecule has 1 heterocycles. The highest BCUT2D eigenvalue weighted by molar-refractivity contribution is 7.90. The highest BCUT2D eigenvalue weighted by atomic mass is 32.2. The summed E-state index contributed by atoms with van der Waals surface area (Å²) in [6.45, 7) is 6.55.